The highest BCUT2D eigenvalue weighted by molar-refractivity contribution is 5.36. The molecular formula is C14H21F3N2O. The zero-order valence-electron chi connectivity index (χ0n) is 12.0. The molecule has 0 aliphatic carbocycles. The Labute approximate surface area is 117 Å². The first-order chi connectivity index (χ1) is 9.33. The molecule has 0 fully saturated rings. The third kappa shape index (κ3) is 5.79. The molecule has 0 amide bonds. The second kappa shape index (κ2) is 7.50. The molecule has 0 heterocycles. The molecule has 6 heteroatoms. The fraction of sp³-hybridized carbons (Fsp3) is 0.571. The third-order valence-corrected chi connectivity index (χ3v) is 2.84. The Hall–Kier alpha value is -1.27. The highest BCUT2D eigenvalue weighted by Crippen LogP contribution is 2.31. The van der Waals surface area contributed by atoms with Crippen molar-refractivity contribution in [3.05, 3.63) is 29.8 Å². The first-order valence-electron chi connectivity index (χ1n) is 6.56. The average molecular weight is 290 g/mol. The second-order valence-corrected chi connectivity index (χ2v) is 4.79. The van der Waals surface area contributed by atoms with Crippen LogP contribution in [0.5, 0.6) is 5.75 Å². The topological polar surface area (TPSA) is 24.5 Å². The maximum atomic E-state index is 12.4. The second-order valence-electron chi connectivity index (χ2n) is 4.79. The van der Waals surface area contributed by atoms with Gasteiger partial charge in [0.25, 0.3) is 0 Å². The molecular weight excluding hydrogens is 269 g/mol. The summed E-state index contributed by atoms with van der Waals surface area (Å²) in [6, 6.07) is 6.12. The molecule has 1 rings (SSSR count). The maximum absolute atomic E-state index is 12.4. The van der Waals surface area contributed by atoms with E-state index in [4.69, 9.17) is 0 Å². The van der Waals surface area contributed by atoms with Crippen LogP contribution in [-0.4, -0.2) is 38.4 Å². The van der Waals surface area contributed by atoms with Gasteiger partial charge < -0.3 is 15.0 Å². The monoisotopic (exact) mass is 290 g/mol. The van der Waals surface area contributed by atoms with E-state index in [1.54, 1.807) is 18.2 Å². The highest BCUT2D eigenvalue weighted by atomic mass is 19.4. The number of alkyl halides is 3. The molecule has 20 heavy (non-hydrogen) atoms. The number of hydrogen-bond donors (Lipinski definition) is 1. The van der Waals surface area contributed by atoms with Gasteiger partial charge in [-0.15, -0.1) is 13.2 Å². The van der Waals surface area contributed by atoms with Crippen LogP contribution in [0.15, 0.2) is 24.3 Å². The number of para-hydroxylation sites is 1. The summed E-state index contributed by atoms with van der Waals surface area (Å²) < 4.78 is 41.4. The van der Waals surface area contributed by atoms with Crippen molar-refractivity contribution in [2.75, 3.05) is 27.2 Å². The molecule has 1 unspecified atom stereocenters. The largest absolute Gasteiger partial charge is 0.573 e. The normalized spacial score (nSPS) is 13.6. The van der Waals surface area contributed by atoms with Gasteiger partial charge >= 0.3 is 6.36 Å². The van der Waals surface area contributed by atoms with Crippen LogP contribution in [0.1, 0.15) is 24.9 Å². The Balaban J connectivity index is 2.94. The summed E-state index contributed by atoms with van der Waals surface area (Å²) in [6.45, 7) is 3.38. The number of nitrogens with one attached hydrogen (secondary N) is 1. The van der Waals surface area contributed by atoms with Gasteiger partial charge in [-0.1, -0.05) is 25.1 Å². The van der Waals surface area contributed by atoms with Crippen LogP contribution in [0.3, 0.4) is 0 Å². The number of nitrogens with zero attached hydrogens (tertiary/aromatic N) is 1. The predicted molar refractivity (Wildman–Crippen MR) is 72.7 cm³/mol. The number of halogens is 3. The minimum Gasteiger partial charge on any atom is -0.405 e. The zero-order valence-corrected chi connectivity index (χ0v) is 12.0. The van der Waals surface area contributed by atoms with Crippen molar-refractivity contribution in [1.82, 2.24) is 10.2 Å². The smallest absolute Gasteiger partial charge is 0.405 e. The van der Waals surface area contributed by atoms with E-state index in [0.717, 1.165) is 6.54 Å². The quantitative estimate of drug-likeness (QED) is 0.834. The Morgan fingerprint density at radius 1 is 1.25 bits per heavy atom. The minimum atomic E-state index is -4.67. The van der Waals surface area contributed by atoms with Crippen LogP contribution in [0, 0.1) is 0 Å². The molecule has 0 aliphatic heterocycles. The molecule has 0 aromatic heterocycles. The zero-order chi connectivity index (χ0) is 15.2. The van der Waals surface area contributed by atoms with Crippen molar-refractivity contribution in [2.24, 2.45) is 0 Å². The van der Waals surface area contributed by atoms with E-state index >= 15 is 0 Å². The molecule has 0 saturated heterocycles. The molecule has 1 atom stereocenters. The maximum Gasteiger partial charge on any atom is 0.573 e. The lowest BCUT2D eigenvalue weighted by Crippen LogP contribution is -2.27. The molecule has 0 aliphatic rings. The molecule has 3 nitrogen and oxygen atoms in total. The van der Waals surface area contributed by atoms with Gasteiger partial charge in [-0.2, -0.15) is 0 Å². The van der Waals surface area contributed by atoms with Gasteiger partial charge in [-0.05, 0) is 39.7 Å². The van der Waals surface area contributed by atoms with E-state index in [9.17, 15) is 13.2 Å². The average Bonchev–Trinajstić information content (AvgIpc) is 2.33. The predicted octanol–water partition coefficient (Wildman–Crippen LogP) is 3.19. The number of rotatable bonds is 7. The Morgan fingerprint density at radius 3 is 2.45 bits per heavy atom. The van der Waals surface area contributed by atoms with Gasteiger partial charge in [0, 0.05) is 11.6 Å². The number of benzene rings is 1. The minimum absolute atomic E-state index is 0.135. The molecule has 0 radical (unpaired) electrons. The van der Waals surface area contributed by atoms with E-state index in [0.29, 0.717) is 18.5 Å². The van der Waals surface area contributed by atoms with Crippen LogP contribution < -0.4 is 10.1 Å². The van der Waals surface area contributed by atoms with Crippen molar-refractivity contribution in [3.63, 3.8) is 0 Å². The Kier molecular flexibility index (Phi) is 6.29. The standard InChI is InChI=1S/C14H21F3N2O/c1-4-18-12(9-10-19(2)3)11-7-5-6-8-13(11)20-14(15,16)17/h5-8,12,18H,4,9-10H2,1-3H3. The SMILES string of the molecule is CCNC(CCN(C)C)c1ccccc1OC(F)(F)F. The summed E-state index contributed by atoms with van der Waals surface area (Å²) in [6.07, 6.45) is -3.96. The molecule has 0 saturated carbocycles. The molecule has 1 N–H and O–H groups in total. The lowest BCUT2D eigenvalue weighted by atomic mass is 10.0. The third-order valence-electron chi connectivity index (χ3n) is 2.84. The first-order valence-corrected chi connectivity index (χ1v) is 6.56. The summed E-state index contributed by atoms with van der Waals surface area (Å²) in [4.78, 5) is 2.00. The van der Waals surface area contributed by atoms with Gasteiger partial charge in [-0.25, -0.2) is 0 Å². The van der Waals surface area contributed by atoms with Crippen LogP contribution in [0.25, 0.3) is 0 Å². The van der Waals surface area contributed by atoms with Crippen molar-refractivity contribution < 1.29 is 17.9 Å². The lowest BCUT2D eigenvalue weighted by molar-refractivity contribution is -0.275. The summed E-state index contributed by atoms with van der Waals surface area (Å²) in [5.74, 6) is -0.135. The van der Waals surface area contributed by atoms with Crippen LogP contribution in [-0.2, 0) is 0 Å². The summed E-state index contributed by atoms with van der Waals surface area (Å²) in [7, 11) is 3.86. The van der Waals surface area contributed by atoms with E-state index in [1.165, 1.54) is 6.07 Å². The van der Waals surface area contributed by atoms with Crippen LogP contribution >= 0.6 is 0 Å². The van der Waals surface area contributed by atoms with Crippen molar-refractivity contribution in [2.45, 2.75) is 25.7 Å². The molecule has 1 aromatic rings. The number of hydrogen-bond acceptors (Lipinski definition) is 3. The molecule has 1 aromatic carbocycles. The number of ether oxygens (including phenoxy) is 1. The van der Waals surface area contributed by atoms with Gasteiger partial charge in [0.05, 0.1) is 0 Å². The van der Waals surface area contributed by atoms with Gasteiger partial charge in [0.2, 0.25) is 0 Å². The van der Waals surface area contributed by atoms with Gasteiger partial charge in [-0.3, -0.25) is 0 Å². The fourth-order valence-corrected chi connectivity index (χ4v) is 1.99. The van der Waals surface area contributed by atoms with Gasteiger partial charge in [0.15, 0.2) is 0 Å². The first kappa shape index (κ1) is 16.8. The van der Waals surface area contributed by atoms with E-state index in [-0.39, 0.29) is 11.8 Å². The van der Waals surface area contributed by atoms with Crippen molar-refractivity contribution in [1.29, 1.82) is 0 Å². The summed E-state index contributed by atoms with van der Waals surface area (Å²) in [5, 5.41) is 3.21. The van der Waals surface area contributed by atoms with E-state index in [1.807, 2.05) is 25.9 Å². The molecule has 114 valence electrons. The fourth-order valence-electron chi connectivity index (χ4n) is 1.99. The summed E-state index contributed by atoms with van der Waals surface area (Å²) in [5.41, 5.74) is 0.536. The van der Waals surface area contributed by atoms with Crippen LogP contribution in [0.2, 0.25) is 0 Å². The molecule has 0 bridgehead atoms. The van der Waals surface area contributed by atoms with Crippen molar-refractivity contribution >= 4 is 0 Å². The van der Waals surface area contributed by atoms with E-state index in [2.05, 4.69) is 10.1 Å². The summed E-state index contributed by atoms with van der Waals surface area (Å²) >= 11 is 0. The molecule has 0 spiro atoms. The Bertz CT molecular complexity index is 408. The van der Waals surface area contributed by atoms with Gasteiger partial charge in [0.1, 0.15) is 5.75 Å². The lowest BCUT2D eigenvalue weighted by Gasteiger charge is -2.23. The van der Waals surface area contributed by atoms with E-state index < -0.39 is 6.36 Å². The highest BCUT2D eigenvalue weighted by Gasteiger charge is 2.32. The van der Waals surface area contributed by atoms with Crippen molar-refractivity contribution in [3.8, 4) is 5.75 Å². The van der Waals surface area contributed by atoms with Crippen LogP contribution in [0.4, 0.5) is 13.2 Å². The Morgan fingerprint density at radius 2 is 1.90 bits per heavy atom.